The van der Waals surface area contributed by atoms with Crippen molar-refractivity contribution in [3.8, 4) is 0 Å². The van der Waals surface area contributed by atoms with E-state index < -0.39 is 5.97 Å². The lowest BCUT2D eigenvalue weighted by Gasteiger charge is -2.15. The maximum Gasteiger partial charge on any atom is 0.336 e. The highest BCUT2D eigenvalue weighted by molar-refractivity contribution is 9.10. The minimum absolute atomic E-state index is 0.344. The molecule has 0 spiro atoms. The van der Waals surface area contributed by atoms with Crippen molar-refractivity contribution in [1.29, 1.82) is 0 Å². The molecule has 3 nitrogen and oxygen atoms in total. The third kappa shape index (κ3) is 2.62. The SMILES string of the molecule is O=C(O)c1cc(CN2CCCC2)ccc1Br. The fourth-order valence-corrected chi connectivity index (χ4v) is 2.45. The van der Waals surface area contributed by atoms with Crippen molar-refractivity contribution in [2.45, 2.75) is 19.4 Å². The number of carbonyl (C=O) groups is 1. The highest BCUT2D eigenvalue weighted by Crippen LogP contribution is 2.20. The maximum atomic E-state index is 11.0. The molecule has 1 aromatic carbocycles. The third-order valence-electron chi connectivity index (χ3n) is 2.87. The summed E-state index contributed by atoms with van der Waals surface area (Å²) in [7, 11) is 0. The Hall–Kier alpha value is -0.870. The average molecular weight is 284 g/mol. The number of hydrogen-bond acceptors (Lipinski definition) is 2. The van der Waals surface area contributed by atoms with Gasteiger partial charge in [-0.2, -0.15) is 0 Å². The summed E-state index contributed by atoms with van der Waals surface area (Å²) in [5.74, 6) is -0.879. The number of carboxylic acids is 1. The minimum Gasteiger partial charge on any atom is -0.478 e. The molecule has 1 heterocycles. The molecule has 0 saturated carbocycles. The molecular weight excluding hydrogens is 270 g/mol. The van der Waals surface area contributed by atoms with E-state index in [1.54, 1.807) is 6.07 Å². The molecule has 0 aliphatic carbocycles. The van der Waals surface area contributed by atoms with Crippen LogP contribution in [-0.2, 0) is 6.54 Å². The normalized spacial score (nSPS) is 16.6. The van der Waals surface area contributed by atoms with Crippen LogP contribution in [0, 0.1) is 0 Å². The van der Waals surface area contributed by atoms with Gasteiger partial charge >= 0.3 is 5.97 Å². The van der Waals surface area contributed by atoms with Crippen molar-refractivity contribution in [2.24, 2.45) is 0 Å². The van der Waals surface area contributed by atoms with Crippen LogP contribution >= 0.6 is 15.9 Å². The summed E-state index contributed by atoms with van der Waals surface area (Å²) in [5.41, 5.74) is 1.42. The lowest BCUT2D eigenvalue weighted by Crippen LogP contribution is -2.18. The van der Waals surface area contributed by atoms with E-state index in [-0.39, 0.29) is 0 Å². The first-order valence-corrected chi connectivity index (χ1v) is 6.20. The van der Waals surface area contributed by atoms with Gasteiger partial charge in [0.15, 0.2) is 0 Å². The molecule has 1 aliphatic rings. The molecule has 0 aromatic heterocycles. The summed E-state index contributed by atoms with van der Waals surface area (Å²) in [4.78, 5) is 13.3. The van der Waals surface area contributed by atoms with Crippen LogP contribution in [0.25, 0.3) is 0 Å². The Morgan fingerprint density at radius 1 is 1.38 bits per heavy atom. The van der Waals surface area contributed by atoms with Crippen molar-refractivity contribution in [1.82, 2.24) is 4.90 Å². The lowest BCUT2D eigenvalue weighted by molar-refractivity contribution is 0.0695. The van der Waals surface area contributed by atoms with Crippen molar-refractivity contribution in [2.75, 3.05) is 13.1 Å². The first-order valence-electron chi connectivity index (χ1n) is 5.41. The molecule has 0 unspecified atom stereocenters. The molecular formula is C12H14BrNO2. The minimum atomic E-state index is -0.879. The van der Waals surface area contributed by atoms with Gasteiger partial charge < -0.3 is 5.11 Å². The number of aromatic carboxylic acids is 1. The van der Waals surface area contributed by atoms with Crippen LogP contribution in [0.15, 0.2) is 22.7 Å². The fourth-order valence-electron chi connectivity index (χ4n) is 2.03. The number of likely N-dealkylation sites (tertiary alicyclic amines) is 1. The second kappa shape index (κ2) is 4.97. The van der Waals surface area contributed by atoms with E-state index in [1.807, 2.05) is 12.1 Å². The van der Waals surface area contributed by atoms with Gasteiger partial charge in [-0.3, -0.25) is 4.90 Å². The zero-order valence-electron chi connectivity index (χ0n) is 8.95. The zero-order valence-corrected chi connectivity index (χ0v) is 10.5. The van der Waals surface area contributed by atoms with E-state index in [9.17, 15) is 4.79 Å². The smallest absolute Gasteiger partial charge is 0.336 e. The van der Waals surface area contributed by atoms with Crippen molar-refractivity contribution < 1.29 is 9.90 Å². The van der Waals surface area contributed by atoms with Crippen LogP contribution in [0.4, 0.5) is 0 Å². The van der Waals surface area contributed by atoms with E-state index in [0.29, 0.717) is 10.0 Å². The highest BCUT2D eigenvalue weighted by atomic mass is 79.9. The summed E-state index contributed by atoms with van der Waals surface area (Å²) in [6.07, 6.45) is 2.50. The van der Waals surface area contributed by atoms with E-state index in [4.69, 9.17) is 5.11 Å². The number of halogens is 1. The van der Waals surface area contributed by atoms with Gasteiger partial charge in [-0.15, -0.1) is 0 Å². The van der Waals surface area contributed by atoms with E-state index >= 15 is 0 Å². The quantitative estimate of drug-likeness (QED) is 0.927. The standard InChI is InChI=1S/C12H14BrNO2/c13-11-4-3-9(7-10(11)12(15)16)8-14-5-1-2-6-14/h3-4,7H,1-2,5-6,8H2,(H,15,16). The van der Waals surface area contributed by atoms with Gasteiger partial charge in [0, 0.05) is 11.0 Å². The largest absolute Gasteiger partial charge is 0.478 e. The number of nitrogens with zero attached hydrogens (tertiary/aromatic N) is 1. The first kappa shape index (κ1) is 11.6. The summed E-state index contributed by atoms with van der Waals surface area (Å²) in [5, 5.41) is 9.01. The number of carboxylic acid groups (broad SMARTS) is 1. The van der Waals surface area contributed by atoms with Crippen LogP contribution < -0.4 is 0 Å². The van der Waals surface area contributed by atoms with E-state index in [0.717, 1.165) is 25.2 Å². The van der Waals surface area contributed by atoms with Crippen molar-refractivity contribution in [3.05, 3.63) is 33.8 Å². The summed E-state index contributed by atoms with van der Waals surface area (Å²) < 4.78 is 0.644. The summed E-state index contributed by atoms with van der Waals surface area (Å²) in [6, 6.07) is 5.55. The number of rotatable bonds is 3. The van der Waals surface area contributed by atoms with Gasteiger partial charge in [-0.05, 0) is 59.6 Å². The average Bonchev–Trinajstić information content (AvgIpc) is 2.73. The van der Waals surface area contributed by atoms with Gasteiger partial charge in [0.05, 0.1) is 5.56 Å². The van der Waals surface area contributed by atoms with E-state index in [1.165, 1.54) is 12.8 Å². The molecule has 1 aliphatic heterocycles. The molecule has 86 valence electrons. The molecule has 1 aromatic rings. The fraction of sp³-hybridized carbons (Fsp3) is 0.417. The maximum absolute atomic E-state index is 11.0. The van der Waals surface area contributed by atoms with E-state index in [2.05, 4.69) is 20.8 Å². The molecule has 0 radical (unpaired) electrons. The Morgan fingerprint density at radius 3 is 2.69 bits per heavy atom. The van der Waals surface area contributed by atoms with Gasteiger partial charge in [0.1, 0.15) is 0 Å². The topological polar surface area (TPSA) is 40.5 Å². The zero-order chi connectivity index (χ0) is 11.5. The van der Waals surface area contributed by atoms with Gasteiger partial charge in [-0.25, -0.2) is 4.79 Å². The molecule has 16 heavy (non-hydrogen) atoms. The highest BCUT2D eigenvalue weighted by Gasteiger charge is 2.14. The lowest BCUT2D eigenvalue weighted by atomic mass is 10.1. The van der Waals surface area contributed by atoms with Gasteiger partial charge in [0.2, 0.25) is 0 Å². The van der Waals surface area contributed by atoms with Crippen LogP contribution in [0.1, 0.15) is 28.8 Å². The Bertz CT molecular complexity index is 400. The molecule has 0 bridgehead atoms. The molecule has 0 amide bonds. The van der Waals surface area contributed by atoms with Crippen molar-refractivity contribution >= 4 is 21.9 Å². The van der Waals surface area contributed by atoms with Crippen LogP contribution in [-0.4, -0.2) is 29.1 Å². The van der Waals surface area contributed by atoms with Crippen LogP contribution in [0.5, 0.6) is 0 Å². The molecule has 1 fully saturated rings. The monoisotopic (exact) mass is 283 g/mol. The van der Waals surface area contributed by atoms with Crippen LogP contribution in [0.2, 0.25) is 0 Å². The second-order valence-electron chi connectivity index (χ2n) is 4.10. The molecule has 4 heteroatoms. The summed E-state index contributed by atoms with van der Waals surface area (Å²) >= 11 is 3.25. The molecule has 1 N–H and O–H groups in total. The van der Waals surface area contributed by atoms with Crippen molar-refractivity contribution in [3.63, 3.8) is 0 Å². The van der Waals surface area contributed by atoms with Gasteiger partial charge in [-0.1, -0.05) is 6.07 Å². The van der Waals surface area contributed by atoms with Crippen LogP contribution in [0.3, 0.4) is 0 Å². The Balaban J connectivity index is 2.15. The van der Waals surface area contributed by atoms with Gasteiger partial charge in [0.25, 0.3) is 0 Å². The number of hydrogen-bond donors (Lipinski definition) is 1. The predicted molar refractivity (Wildman–Crippen MR) is 65.6 cm³/mol. The molecule has 0 atom stereocenters. The predicted octanol–water partition coefficient (Wildman–Crippen LogP) is 2.74. The molecule has 1 saturated heterocycles. The number of benzene rings is 1. The Morgan fingerprint density at radius 2 is 2.06 bits per heavy atom. The molecule has 2 rings (SSSR count). The Labute approximate surface area is 103 Å². The third-order valence-corrected chi connectivity index (χ3v) is 3.56. The summed E-state index contributed by atoms with van der Waals surface area (Å²) in [6.45, 7) is 3.10. The second-order valence-corrected chi connectivity index (χ2v) is 4.96. The first-order chi connectivity index (χ1) is 7.66. The Kier molecular flexibility index (Phi) is 3.61.